The summed E-state index contributed by atoms with van der Waals surface area (Å²) in [6.45, 7) is 0.874. The Morgan fingerprint density at radius 1 is 1.00 bits per heavy atom. The van der Waals surface area contributed by atoms with E-state index in [1.165, 1.54) is 4.90 Å². The van der Waals surface area contributed by atoms with Crippen LogP contribution in [-0.2, 0) is 30.5 Å². The monoisotopic (exact) mass is 627 g/mol. The van der Waals surface area contributed by atoms with E-state index in [0.29, 0.717) is 25.3 Å². The molecule has 236 valence electrons. The van der Waals surface area contributed by atoms with Gasteiger partial charge in [0, 0.05) is 43.6 Å². The second kappa shape index (κ2) is 13.2. The Bertz CT molecular complexity index is 1350. The lowest BCUT2D eigenvalue weighted by Gasteiger charge is -2.42. The highest BCUT2D eigenvalue weighted by atomic mass is 32.1. The minimum Gasteiger partial charge on any atom is -0.484 e. The second-order valence-corrected chi connectivity index (χ2v) is 12.7. The molecule has 4 saturated heterocycles. The Labute approximate surface area is 258 Å². The predicted molar refractivity (Wildman–Crippen MR) is 157 cm³/mol. The smallest absolute Gasteiger partial charge is 0.261 e. The molecule has 1 aromatic heterocycles. The zero-order valence-electron chi connectivity index (χ0n) is 24.1. The molecule has 2 aromatic rings. The van der Waals surface area contributed by atoms with Crippen molar-refractivity contribution in [2.45, 2.75) is 61.9 Å². The molecule has 0 spiro atoms. The van der Waals surface area contributed by atoms with Gasteiger partial charge in [-0.1, -0.05) is 24.3 Å². The van der Waals surface area contributed by atoms with Crippen LogP contribution in [0.1, 0.15) is 17.7 Å². The third kappa shape index (κ3) is 6.59. The lowest BCUT2D eigenvalue weighted by atomic mass is 10.0. The molecular weight excluding hydrogens is 590 g/mol. The van der Waals surface area contributed by atoms with Crippen LogP contribution < -0.4 is 15.4 Å². The molecule has 0 unspecified atom stereocenters. The van der Waals surface area contributed by atoms with Crippen LogP contribution in [0.2, 0.25) is 0 Å². The standard InChI is InChI=1S/C30H37N5O8S/c36-25-12-23-27(38)28(39)24(43-23)13-31-29(40)22-16-33(8-9-35(22)26(37)17-42-19-5-2-1-3-6-19)30(41)21-11-18(32-25)14-34(21)15-20-7-4-10-44-20/h1-7,10,18,21-24,27-28,38-39H,8-9,11-17H2,(H,31,40)(H,32,36)/t18-,21-,22-,23-,24+,27-,28+/m0/s1. The molecule has 4 aliphatic rings. The summed E-state index contributed by atoms with van der Waals surface area (Å²) in [7, 11) is 0. The molecule has 44 heavy (non-hydrogen) atoms. The summed E-state index contributed by atoms with van der Waals surface area (Å²) >= 11 is 1.58. The third-order valence-corrected chi connectivity index (χ3v) is 9.60. The van der Waals surface area contributed by atoms with Crippen LogP contribution in [-0.4, -0.2) is 130 Å². The molecule has 0 aliphatic carbocycles. The lowest BCUT2D eigenvalue weighted by molar-refractivity contribution is -0.151. The van der Waals surface area contributed by atoms with Crippen molar-refractivity contribution in [1.29, 1.82) is 0 Å². The molecule has 4 fully saturated rings. The predicted octanol–water partition coefficient (Wildman–Crippen LogP) is -1.07. The topological polar surface area (TPSA) is 161 Å². The highest BCUT2D eigenvalue weighted by molar-refractivity contribution is 7.09. The summed E-state index contributed by atoms with van der Waals surface area (Å²) in [5.41, 5.74) is 0. The first-order valence-corrected chi connectivity index (χ1v) is 15.8. The van der Waals surface area contributed by atoms with Crippen LogP contribution in [0.4, 0.5) is 0 Å². The van der Waals surface area contributed by atoms with Crippen molar-refractivity contribution in [3.63, 3.8) is 0 Å². The van der Waals surface area contributed by atoms with Gasteiger partial charge in [0.15, 0.2) is 6.61 Å². The number of aliphatic hydroxyl groups is 2. The molecule has 4 amide bonds. The van der Waals surface area contributed by atoms with Gasteiger partial charge in [-0.2, -0.15) is 0 Å². The van der Waals surface area contributed by atoms with Crippen molar-refractivity contribution in [2.75, 3.05) is 39.3 Å². The van der Waals surface area contributed by atoms with Gasteiger partial charge in [0.05, 0.1) is 25.1 Å². The molecule has 14 heteroatoms. The molecule has 13 nitrogen and oxygen atoms in total. The molecule has 0 saturated carbocycles. The summed E-state index contributed by atoms with van der Waals surface area (Å²) in [6, 6.07) is 11.0. The number of benzene rings is 1. The summed E-state index contributed by atoms with van der Waals surface area (Å²) in [5, 5.41) is 28.9. The fourth-order valence-corrected chi connectivity index (χ4v) is 7.18. The summed E-state index contributed by atoms with van der Waals surface area (Å²) in [5.74, 6) is -0.909. The quantitative estimate of drug-likeness (QED) is 0.324. The van der Waals surface area contributed by atoms with Gasteiger partial charge in [-0.15, -0.1) is 11.3 Å². The number of hydrogen-bond acceptors (Lipinski definition) is 10. The van der Waals surface area contributed by atoms with Gasteiger partial charge in [-0.25, -0.2) is 0 Å². The van der Waals surface area contributed by atoms with E-state index in [-0.39, 0.29) is 57.1 Å². The molecule has 0 radical (unpaired) electrons. The summed E-state index contributed by atoms with van der Waals surface area (Å²) in [6.07, 6.45) is -4.35. The van der Waals surface area contributed by atoms with Crippen molar-refractivity contribution in [3.05, 3.63) is 52.7 Å². The van der Waals surface area contributed by atoms with E-state index < -0.39 is 48.3 Å². The Morgan fingerprint density at radius 2 is 1.80 bits per heavy atom. The van der Waals surface area contributed by atoms with E-state index in [4.69, 9.17) is 9.47 Å². The number of nitrogens with one attached hydrogen (secondary N) is 2. The van der Waals surface area contributed by atoms with Gasteiger partial charge in [-0.3, -0.25) is 24.1 Å². The fraction of sp³-hybridized carbons (Fsp3) is 0.533. The molecule has 4 N–H and O–H groups in total. The van der Waals surface area contributed by atoms with Gasteiger partial charge in [0.2, 0.25) is 17.7 Å². The number of nitrogens with zero attached hydrogens (tertiary/aromatic N) is 3. The van der Waals surface area contributed by atoms with Gasteiger partial charge in [0.25, 0.3) is 5.91 Å². The average molecular weight is 628 g/mol. The SMILES string of the molecule is O=C1C[C@@H]2O[C@H](CNC(=O)[C@@H]3CN(CCN3C(=O)COc3ccccc3)C(=O)[C@@H]3C[C@@H](CN3Cc3cccs3)N1)[C@@H](O)[C@H]2O. The van der Waals surface area contributed by atoms with E-state index in [2.05, 4.69) is 10.6 Å². The number of aliphatic hydroxyl groups excluding tert-OH is 2. The number of para-hydroxylation sites is 1. The van der Waals surface area contributed by atoms with Crippen LogP contribution in [0, 0.1) is 0 Å². The normalized spacial score (nSPS) is 31.5. The number of piperazine rings is 1. The summed E-state index contributed by atoms with van der Waals surface area (Å²) < 4.78 is 11.5. The Hall–Kier alpha value is -3.56. The molecule has 7 atom stereocenters. The number of fused-ring (bicyclic) bond motifs is 6. The molecular formula is C30H37N5O8S. The number of rotatable bonds is 5. The Morgan fingerprint density at radius 3 is 2.57 bits per heavy atom. The Balaban J connectivity index is 1.25. The van der Waals surface area contributed by atoms with Crippen molar-refractivity contribution in [2.24, 2.45) is 0 Å². The van der Waals surface area contributed by atoms with Crippen LogP contribution in [0.5, 0.6) is 5.75 Å². The van der Waals surface area contributed by atoms with Gasteiger partial charge >= 0.3 is 0 Å². The van der Waals surface area contributed by atoms with E-state index in [1.807, 2.05) is 28.5 Å². The molecule has 6 bridgehead atoms. The molecule has 5 heterocycles. The maximum Gasteiger partial charge on any atom is 0.261 e. The van der Waals surface area contributed by atoms with Crippen molar-refractivity contribution in [3.8, 4) is 5.75 Å². The van der Waals surface area contributed by atoms with Gasteiger partial charge in [-0.05, 0) is 30.0 Å². The Kier molecular flexibility index (Phi) is 9.14. The number of carbonyl (C=O) groups excluding carboxylic acids is 4. The van der Waals surface area contributed by atoms with Gasteiger partial charge in [0.1, 0.15) is 30.1 Å². The number of amides is 4. The molecule has 1 aromatic carbocycles. The lowest BCUT2D eigenvalue weighted by Crippen LogP contribution is -2.64. The number of ether oxygens (including phenoxy) is 2. The molecule has 6 rings (SSSR count). The first kappa shape index (κ1) is 30.5. The van der Waals surface area contributed by atoms with Crippen LogP contribution in [0.15, 0.2) is 47.8 Å². The van der Waals surface area contributed by atoms with E-state index in [1.54, 1.807) is 40.5 Å². The van der Waals surface area contributed by atoms with Gasteiger partial charge < -0.3 is 40.1 Å². The highest BCUT2D eigenvalue weighted by Crippen LogP contribution is 2.27. The minimum absolute atomic E-state index is 0.0264. The van der Waals surface area contributed by atoms with E-state index in [9.17, 15) is 29.4 Å². The van der Waals surface area contributed by atoms with E-state index in [0.717, 1.165) is 4.88 Å². The maximum absolute atomic E-state index is 14.0. The fourth-order valence-electron chi connectivity index (χ4n) is 6.46. The van der Waals surface area contributed by atoms with Crippen molar-refractivity contribution < 1.29 is 38.9 Å². The van der Waals surface area contributed by atoms with Crippen molar-refractivity contribution >= 4 is 35.0 Å². The van der Waals surface area contributed by atoms with E-state index >= 15 is 0 Å². The number of likely N-dealkylation sites (tertiary alicyclic amines) is 1. The minimum atomic E-state index is -1.32. The largest absolute Gasteiger partial charge is 0.484 e. The maximum atomic E-state index is 14.0. The zero-order chi connectivity index (χ0) is 30.8. The zero-order valence-corrected chi connectivity index (χ0v) is 24.9. The first-order chi connectivity index (χ1) is 21.3. The molecule has 4 aliphatic heterocycles. The third-order valence-electron chi connectivity index (χ3n) is 8.74. The summed E-state index contributed by atoms with van der Waals surface area (Å²) in [4.78, 5) is 60.1. The highest BCUT2D eigenvalue weighted by Gasteiger charge is 2.47. The van der Waals surface area contributed by atoms with Crippen molar-refractivity contribution in [1.82, 2.24) is 25.3 Å². The van der Waals surface area contributed by atoms with Crippen LogP contribution in [0.3, 0.4) is 0 Å². The number of carbonyl (C=O) groups is 4. The van der Waals surface area contributed by atoms with Crippen LogP contribution in [0.25, 0.3) is 0 Å². The first-order valence-electron chi connectivity index (χ1n) is 14.9. The number of hydrogen-bond donors (Lipinski definition) is 4. The number of thiophene rings is 1. The average Bonchev–Trinajstić information content (AvgIpc) is 3.75. The van der Waals surface area contributed by atoms with Crippen LogP contribution >= 0.6 is 11.3 Å². The second-order valence-electron chi connectivity index (χ2n) is 11.7.